The summed E-state index contributed by atoms with van der Waals surface area (Å²) in [6, 6.07) is 27.0. The van der Waals surface area contributed by atoms with Crippen LogP contribution in [0.25, 0.3) is 22.3 Å². The van der Waals surface area contributed by atoms with E-state index in [0.29, 0.717) is 29.5 Å². The highest BCUT2D eigenvalue weighted by molar-refractivity contribution is 6.01. The zero-order chi connectivity index (χ0) is 41.3. The third-order valence-corrected chi connectivity index (χ3v) is 11.6. The van der Waals surface area contributed by atoms with Gasteiger partial charge in [0.15, 0.2) is 0 Å². The molecule has 1 saturated heterocycles. The Hall–Kier alpha value is -4.68. The quantitative estimate of drug-likeness (QED) is 0.0825. The number of benzene rings is 4. The van der Waals surface area contributed by atoms with Gasteiger partial charge in [0, 0.05) is 24.7 Å². The van der Waals surface area contributed by atoms with E-state index < -0.39 is 35.8 Å². The molecule has 0 saturated carbocycles. The summed E-state index contributed by atoms with van der Waals surface area (Å²) in [4.78, 5) is 31.7. The maximum atomic E-state index is 13.7. The highest BCUT2D eigenvalue weighted by Crippen LogP contribution is 2.51. The van der Waals surface area contributed by atoms with Crippen LogP contribution in [0.2, 0.25) is 0 Å². The predicted octanol–water partition coefficient (Wildman–Crippen LogP) is 9.87. The molecule has 2 N–H and O–H groups in total. The lowest BCUT2D eigenvalue weighted by molar-refractivity contribution is -0.141. The Morgan fingerprint density at radius 3 is 1.86 bits per heavy atom. The first-order valence-corrected chi connectivity index (χ1v) is 20.3. The number of amides is 2. The fourth-order valence-electron chi connectivity index (χ4n) is 8.57. The van der Waals surface area contributed by atoms with Gasteiger partial charge in [-0.1, -0.05) is 98.1 Å². The normalized spacial score (nSPS) is 15.6. The molecule has 1 heterocycles. The Labute approximate surface area is 337 Å². The Bertz CT molecular complexity index is 1940. The van der Waals surface area contributed by atoms with Gasteiger partial charge < -0.3 is 20.4 Å². The van der Waals surface area contributed by atoms with Crippen LogP contribution in [0, 0.1) is 0 Å². The van der Waals surface area contributed by atoms with Crippen LogP contribution in [0.15, 0.2) is 97.1 Å². The number of alkyl halides is 6. The number of fused-ring (bicyclic) bond motifs is 3. The van der Waals surface area contributed by atoms with Crippen molar-refractivity contribution in [1.82, 2.24) is 20.4 Å². The largest absolute Gasteiger partial charge is 0.416 e. The Balaban J connectivity index is 0.882. The molecule has 0 aromatic heterocycles. The number of hydrogen-bond donors (Lipinski definition) is 2. The number of piperidine rings is 1. The maximum absolute atomic E-state index is 13.7. The van der Waals surface area contributed by atoms with E-state index >= 15 is 0 Å². The summed E-state index contributed by atoms with van der Waals surface area (Å²) in [6.45, 7) is 3.17. The molecule has 1 aliphatic heterocycles. The van der Waals surface area contributed by atoms with Gasteiger partial charge in [-0.2, -0.15) is 26.3 Å². The summed E-state index contributed by atoms with van der Waals surface area (Å²) in [5, 5.41) is 5.36. The van der Waals surface area contributed by atoms with Crippen LogP contribution < -0.4 is 10.6 Å². The molecule has 4 aromatic rings. The molecule has 0 unspecified atom stereocenters. The van der Waals surface area contributed by atoms with Gasteiger partial charge in [0.05, 0.1) is 5.56 Å². The molecular weight excluding hydrogens is 755 g/mol. The number of nitrogens with zero attached hydrogens (tertiary/aromatic N) is 2. The van der Waals surface area contributed by atoms with Crippen molar-refractivity contribution in [1.29, 1.82) is 0 Å². The van der Waals surface area contributed by atoms with Crippen molar-refractivity contribution in [2.24, 2.45) is 0 Å². The van der Waals surface area contributed by atoms with Crippen LogP contribution in [0.1, 0.15) is 84.8 Å². The first-order valence-electron chi connectivity index (χ1n) is 20.3. The summed E-state index contributed by atoms with van der Waals surface area (Å²) in [6.07, 6.45) is -0.986. The van der Waals surface area contributed by atoms with Gasteiger partial charge in [-0.3, -0.25) is 9.59 Å². The maximum Gasteiger partial charge on any atom is 0.416 e. The summed E-state index contributed by atoms with van der Waals surface area (Å²) in [5.74, 6) is -0.828. The molecular formula is C46H52F6N4O2. The molecule has 1 aliphatic carbocycles. The lowest BCUT2D eigenvalue weighted by Crippen LogP contribution is -2.47. The summed E-state index contributed by atoms with van der Waals surface area (Å²) in [5.41, 5.74) is 3.01. The highest BCUT2D eigenvalue weighted by atomic mass is 19.4. The van der Waals surface area contributed by atoms with Gasteiger partial charge in [-0.25, -0.2) is 0 Å². The number of hydrogen-bond acceptors (Lipinski definition) is 4. The highest BCUT2D eigenvalue weighted by Gasteiger charge is 2.49. The topological polar surface area (TPSA) is 64.7 Å². The molecule has 2 aliphatic rings. The van der Waals surface area contributed by atoms with E-state index in [9.17, 15) is 35.9 Å². The van der Waals surface area contributed by atoms with Crippen molar-refractivity contribution in [2.75, 3.05) is 46.3 Å². The molecule has 0 radical (unpaired) electrons. The molecule has 6 rings (SSSR count). The first-order chi connectivity index (χ1) is 27.8. The van der Waals surface area contributed by atoms with Crippen LogP contribution in [-0.4, -0.2) is 80.1 Å². The first kappa shape index (κ1) is 42.9. The van der Waals surface area contributed by atoms with E-state index in [4.69, 9.17) is 0 Å². The SMILES string of the molecule is CN(CCCCCCN1CCC(NC(=O)c2ccccc2-c2ccc(C(F)(F)F)cc2)CC1)CCCCC1(C(=O)NCC(F)(F)F)c2ccccc2-c2ccccc21. The van der Waals surface area contributed by atoms with Crippen LogP contribution in [0.5, 0.6) is 0 Å². The van der Waals surface area contributed by atoms with Crippen LogP contribution >= 0.6 is 0 Å². The zero-order valence-corrected chi connectivity index (χ0v) is 32.9. The number of carbonyl (C=O) groups excluding carboxylic acids is 2. The minimum absolute atomic E-state index is 0.0295. The van der Waals surface area contributed by atoms with Gasteiger partial charge in [0.2, 0.25) is 5.91 Å². The second-order valence-electron chi connectivity index (χ2n) is 15.7. The molecule has 6 nitrogen and oxygen atoms in total. The summed E-state index contributed by atoms with van der Waals surface area (Å²) in [7, 11) is 2.09. The number of carbonyl (C=O) groups is 2. The number of likely N-dealkylation sites (tertiary alicyclic amines) is 1. The second-order valence-corrected chi connectivity index (χ2v) is 15.7. The van der Waals surface area contributed by atoms with E-state index in [1.165, 1.54) is 12.1 Å². The fraction of sp³-hybridized carbons (Fsp3) is 0.435. The van der Waals surface area contributed by atoms with Crippen molar-refractivity contribution < 1.29 is 35.9 Å². The van der Waals surface area contributed by atoms with Gasteiger partial charge in [-0.15, -0.1) is 0 Å². The smallest absolute Gasteiger partial charge is 0.349 e. The van der Waals surface area contributed by atoms with Gasteiger partial charge >= 0.3 is 12.4 Å². The van der Waals surface area contributed by atoms with Crippen LogP contribution in [0.4, 0.5) is 26.3 Å². The molecule has 12 heteroatoms. The van der Waals surface area contributed by atoms with Crippen molar-refractivity contribution >= 4 is 11.8 Å². The molecule has 310 valence electrons. The fourth-order valence-corrected chi connectivity index (χ4v) is 8.57. The molecule has 58 heavy (non-hydrogen) atoms. The number of rotatable bonds is 17. The van der Waals surface area contributed by atoms with Gasteiger partial charge in [0.1, 0.15) is 12.0 Å². The van der Waals surface area contributed by atoms with Crippen LogP contribution in [0.3, 0.4) is 0 Å². The second kappa shape index (κ2) is 18.9. The summed E-state index contributed by atoms with van der Waals surface area (Å²) < 4.78 is 78.7. The molecule has 0 spiro atoms. The van der Waals surface area contributed by atoms with Gasteiger partial charge in [-0.05, 0) is 117 Å². The van der Waals surface area contributed by atoms with Crippen LogP contribution in [-0.2, 0) is 16.4 Å². The average Bonchev–Trinajstić information content (AvgIpc) is 3.50. The van der Waals surface area contributed by atoms with Gasteiger partial charge in [0.25, 0.3) is 5.91 Å². The third kappa shape index (κ3) is 10.5. The van der Waals surface area contributed by atoms with Crippen molar-refractivity contribution in [3.05, 3.63) is 119 Å². The summed E-state index contributed by atoms with van der Waals surface area (Å²) >= 11 is 0. The van der Waals surface area contributed by atoms with E-state index in [1.54, 1.807) is 24.3 Å². The number of unbranched alkanes of at least 4 members (excludes halogenated alkanes) is 4. The van der Waals surface area contributed by atoms with Crippen molar-refractivity contribution in [3.8, 4) is 22.3 Å². The minimum Gasteiger partial charge on any atom is -0.349 e. The molecule has 4 aromatic carbocycles. The Kier molecular flexibility index (Phi) is 14.0. The lowest BCUT2D eigenvalue weighted by Gasteiger charge is -2.32. The Morgan fingerprint density at radius 2 is 1.26 bits per heavy atom. The average molecular weight is 807 g/mol. The van der Waals surface area contributed by atoms with E-state index in [0.717, 1.165) is 112 Å². The van der Waals surface area contributed by atoms with E-state index in [1.807, 2.05) is 48.5 Å². The van der Waals surface area contributed by atoms with Crippen molar-refractivity contribution in [3.63, 3.8) is 0 Å². The predicted molar refractivity (Wildman–Crippen MR) is 215 cm³/mol. The standard InChI is InChI=1S/C46H52F6N4O2/c1-55(28-13-10-26-44(43(58)53-32-45(47,48)49)40-18-8-6-15-37(40)38-16-7-9-19-41(38)44)27-11-2-3-12-29-56-30-24-35(25-31-56)54-42(57)39-17-5-4-14-36(39)33-20-22-34(23-21-33)46(50,51)52/h4-9,14-23,35H,2-3,10-13,24-32H2,1H3,(H,53,58)(H,54,57). The van der Waals surface area contributed by atoms with Crippen molar-refractivity contribution in [2.45, 2.75) is 81.6 Å². The van der Waals surface area contributed by atoms with E-state index in [2.05, 4.69) is 27.5 Å². The molecule has 0 atom stereocenters. The van der Waals surface area contributed by atoms with E-state index in [-0.39, 0.29) is 11.9 Å². The number of nitrogens with one attached hydrogen (secondary N) is 2. The Morgan fingerprint density at radius 1 is 0.707 bits per heavy atom. The third-order valence-electron chi connectivity index (χ3n) is 11.6. The lowest BCUT2D eigenvalue weighted by atomic mass is 9.73. The molecule has 0 bridgehead atoms. The molecule has 1 fully saturated rings. The number of halogens is 6. The monoisotopic (exact) mass is 806 g/mol. The minimum atomic E-state index is -4.50. The zero-order valence-electron chi connectivity index (χ0n) is 32.9. The molecule has 2 amide bonds.